The normalized spacial score (nSPS) is 11.8. The summed E-state index contributed by atoms with van der Waals surface area (Å²) in [6.45, 7) is 1.47. The van der Waals surface area contributed by atoms with Crippen LogP contribution in [0.4, 0.5) is 13.2 Å². The molecular formula is C9H8BrF3. The summed E-state index contributed by atoms with van der Waals surface area (Å²) < 4.78 is 37.4. The van der Waals surface area contributed by atoms with E-state index in [2.05, 4.69) is 15.9 Å². The van der Waals surface area contributed by atoms with Crippen molar-refractivity contribution in [2.75, 3.05) is 0 Å². The van der Waals surface area contributed by atoms with Crippen LogP contribution in [0.15, 0.2) is 18.2 Å². The Labute approximate surface area is 82.9 Å². The number of alkyl halides is 4. The second-order valence-electron chi connectivity index (χ2n) is 2.74. The Morgan fingerprint density at radius 3 is 2.31 bits per heavy atom. The highest BCUT2D eigenvalue weighted by Crippen LogP contribution is 2.35. The van der Waals surface area contributed by atoms with Gasteiger partial charge in [-0.2, -0.15) is 13.2 Å². The van der Waals surface area contributed by atoms with Crippen molar-refractivity contribution in [2.24, 2.45) is 0 Å². The molecule has 0 aromatic heterocycles. The maximum atomic E-state index is 12.5. The third-order valence-corrected chi connectivity index (χ3v) is 2.39. The summed E-state index contributed by atoms with van der Waals surface area (Å²) in [7, 11) is 0. The SMILES string of the molecule is Cc1cccc(CBr)c1C(F)(F)F. The average molecular weight is 253 g/mol. The lowest BCUT2D eigenvalue weighted by molar-refractivity contribution is -0.138. The van der Waals surface area contributed by atoms with E-state index in [1.807, 2.05) is 0 Å². The molecule has 0 saturated heterocycles. The van der Waals surface area contributed by atoms with Gasteiger partial charge in [0.1, 0.15) is 0 Å². The van der Waals surface area contributed by atoms with E-state index < -0.39 is 11.7 Å². The minimum atomic E-state index is -4.26. The van der Waals surface area contributed by atoms with Crippen molar-refractivity contribution in [1.29, 1.82) is 0 Å². The zero-order chi connectivity index (χ0) is 10.1. The number of benzene rings is 1. The third kappa shape index (κ3) is 2.24. The molecule has 1 aromatic rings. The lowest BCUT2D eigenvalue weighted by atomic mass is 10.0. The largest absolute Gasteiger partial charge is 0.416 e. The van der Waals surface area contributed by atoms with Gasteiger partial charge < -0.3 is 0 Å². The van der Waals surface area contributed by atoms with E-state index in [1.165, 1.54) is 19.1 Å². The standard InChI is InChI=1S/C9H8BrF3/c1-6-3-2-4-7(5-10)8(6)9(11,12)13/h2-4H,5H2,1H3. The van der Waals surface area contributed by atoms with Gasteiger partial charge in [-0.25, -0.2) is 0 Å². The van der Waals surface area contributed by atoms with E-state index in [4.69, 9.17) is 0 Å². The second-order valence-corrected chi connectivity index (χ2v) is 3.30. The maximum absolute atomic E-state index is 12.5. The van der Waals surface area contributed by atoms with Crippen molar-refractivity contribution in [3.63, 3.8) is 0 Å². The summed E-state index contributed by atoms with van der Waals surface area (Å²) in [5.74, 6) is 0. The molecule has 0 saturated carbocycles. The lowest BCUT2D eigenvalue weighted by Crippen LogP contribution is -2.10. The van der Waals surface area contributed by atoms with Crippen LogP contribution in [0.3, 0.4) is 0 Å². The summed E-state index contributed by atoms with van der Waals surface area (Å²) in [4.78, 5) is 0. The fraction of sp³-hybridized carbons (Fsp3) is 0.333. The molecule has 4 heteroatoms. The van der Waals surface area contributed by atoms with Crippen LogP contribution in [0.25, 0.3) is 0 Å². The van der Waals surface area contributed by atoms with Gasteiger partial charge in [0.2, 0.25) is 0 Å². The molecule has 0 nitrogen and oxygen atoms in total. The molecule has 0 spiro atoms. The van der Waals surface area contributed by atoms with E-state index in [0.717, 1.165) is 0 Å². The molecule has 0 fully saturated rings. The van der Waals surface area contributed by atoms with Gasteiger partial charge in [-0.1, -0.05) is 34.1 Å². The fourth-order valence-corrected chi connectivity index (χ4v) is 1.71. The van der Waals surface area contributed by atoms with E-state index >= 15 is 0 Å². The summed E-state index contributed by atoms with van der Waals surface area (Å²) in [6.07, 6.45) is -4.26. The Balaban J connectivity index is 3.32. The van der Waals surface area contributed by atoms with Crippen molar-refractivity contribution in [1.82, 2.24) is 0 Å². The van der Waals surface area contributed by atoms with Crippen molar-refractivity contribution in [2.45, 2.75) is 18.4 Å². The molecular weight excluding hydrogens is 245 g/mol. The Hall–Kier alpha value is -0.510. The van der Waals surface area contributed by atoms with E-state index in [0.29, 0.717) is 0 Å². The van der Waals surface area contributed by atoms with Crippen LogP contribution in [0.5, 0.6) is 0 Å². The van der Waals surface area contributed by atoms with Gasteiger partial charge in [-0.3, -0.25) is 0 Å². The quantitative estimate of drug-likeness (QED) is 0.665. The van der Waals surface area contributed by atoms with Crippen LogP contribution in [0.2, 0.25) is 0 Å². The number of hydrogen-bond donors (Lipinski definition) is 0. The van der Waals surface area contributed by atoms with Crippen molar-refractivity contribution < 1.29 is 13.2 Å². The van der Waals surface area contributed by atoms with Crippen LogP contribution >= 0.6 is 15.9 Å². The van der Waals surface area contributed by atoms with Crippen LogP contribution < -0.4 is 0 Å². The first-order valence-electron chi connectivity index (χ1n) is 3.68. The number of aryl methyl sites for hydroxylation is 1. The molecule has 0 amide bonds. The van der Waals surface area contributed by atoms with Gasteiger partial charge in [0, 0.05) is 5.33 Å². The molecule has 0 bridgehead atoms. The summed E-state index contributed by atoms with van der Waals surface area (Å²) in [5, 5.41) is 0.226. The predicted octanol–water partition coefficient (Wildman–Crippen LogP) is 3.91. The van der Waals surface area contributed by atoms with Gasteiger partial charge in [-0.05, 0) is 18.1 Å². The van der Waals surface area contributed by atoms with E-state index in [1.54, 1.807) is 6.07 Å². The highest BCUT2D eigenvalue weighted by molar-refractivity contribution is 9.08. The van der Waals surface area contributed by atoms with Crippen LogP contribution in [-0.2, 0) is 11.5 Å². The molecule has 0 aliphatic heterocycles. The Bertz CT molecular complexity index is 304. The first-order chi connectivity index (χ1) is 5.96. The van der Waals surface area contributed by atoms with E-state index in [-0.39, 0.29) is 16.5 Å². The van der Waals surface area contributed by atoms with Gasteiger partial charge in [0.15, 0.2) is 0 Å². The number of halogens is 4. The monoisotopic (exact) mass is 252 g/mol. The molecule has 72 valence electrons. The molecule has 0 unspecified atom stereocenters. The second kappa shape index (κ2) is 3.70. The Morgan fingerprint density at radius 1 is 1.31 bits per heavy atom. The number of hydrogen-bond acceptors (Lipinski definition) is 0. The minimum absolute atomic E-state index is 0.226. The first-order valence-corrected chi connectivity index (χ1v) is 4.80. The smallest absolute Gasteiger partial charge is 0.166 e. The van der Waals surface area contributed by atoms with Gasteiger partial charge in [-0.15, -0.1) is 0 Å². The molecule has 0 aliphatic carbocycles. The molecule has 0 atom stereocenters. The highest BCUT2D eigenvalue weighted by atomic mass is 79.9. The Morgan fingerprint density at radius 2 is 1.92 bits per heavy atom. The predicted molar refractivity (Wildman–Crippen MR) is 48.8 cm³/mol. The van der Waals surface area contributed by atoms with Gasteiger partial charge in [0.25, 0.3) is 0 Å². The first kappa shape index (κ1) is 10.6. The molecule has 0 aliphatic rings. The van der Waals surface area contributed by atoms with Crippen LogP contribution in [0.1, 0.15) is 16.7 Å². The van der Waals surface area contributed by atoms with Crippen LogP contribution in [0, 0.1) is 6.92 Å². The van der Waals surface area contributed by atoms with Crippen molar-refractivity contribution >= 4 is 15.9 Å². The zero-order valence-corrected chi connectivity index (χ0v) is 8.54. The zero-order valence-electron chi connectivity index (χ0n) is 6.95. The third-order valence-electron chi connectivity index (χ3n) is 1.79. The highest BCUT2D eigenvalue weighted by Gasteiger charge is 2.34. The summed E-state index contributed by atoms with van der Waals surface area (Å²) in [5.41, 5.74) is 0.0313. The summed E-state index contributed by atoms with van der Waals surface area (Å²) >= 11 is 3.03. The lowest BCUT2D eigenvalue weighted by Gasteiger charge is -2.13. The molecule has 0 N–H and O–H groups in total. The topological polar surface area (TPSA) is 0 Å². The Kier molecular flexibility index (Phi) is 3.01. The molecule has 13 heavy (non-hydrogen) atoms. The van der Waals surface area contributed by atoms with Gasteiger partial charge in [0.05, 0.1) is 5.56 Å². The average Bonchev–Trinajstić information content (AvgIpc) is 2.01. The molecule has 1 aromatic carbocycles. The van der Waals surface area contributed by atoms with Crippen LogP contribution in [-0.4, -0.2) is 0 Å². The van der Waals surface area contributed by atoms with Crippen molar-refractivity contribution in [3.05, 3.63) is 34.9 Å². The molecule has 0 radical (unpaired) electrons. The van der Waals surface area contributed by atoms with E-state index in [9.17, 15) is 13.2 Å². The maximum Gasteiger partial charge on any atom is 0.416 e. The fourth-order valence-electron chi connectivity index (χ4n) is 1.25. The molecule has 0 heterocycles. The van der Waals surface area contributed by atoms with Crippen molar-refractivity contribution in [3.8, 4) is 0 Å². The minimum Gasteiger partial charge on any atom is -0.166 e. The number of rotatable bonds is 1. The summed E-state index contributed by atoms with van der Waals surface area (Å²) in [6, 6.07) is 4.57. The molecule has 1 rings (SSSR count). The van der Waals surface area contributed by atoms with Gasteiger partial charge >= 0.3 is 6.18 Å².